The standard InChI is InChI=1S/C19H18ClN3O4S2/c1-3-27-14-6-4-13(5-7-14)23-29(25,26)15-8-9-17(20)16(10-15)18(24)22-19-21-12(2)11-28-19/h4-11,23H,3H2,1-2H3,(H,21,22,24). The fourth-order valence-corrected chi connectivity index (χ4v) is 4.39. The number of rotatable bonds is 7. The number of hydrogen-bond donors (Lipinski definition) is 2. The zero-order chi connectivity index (χ0) is 21.0. The van der Waals surface area contributed by atoms with E-state index in [2.05, 4.69) is 15.0 Å². The molecule has 0 saturated carbocycles. The summed E-state index contributed by atoms with van der Waals surface area (Å²) in [4.78, 5) is 16.6. The average molecular weight is 452 g/mol. The number of thiazole rings is 1. The first-order valence-corrected chi connectivity index (χ1v) is 11.3. The summed E-state index contributed by atoms with van der Waals surface area (Å²) in [6.07, 6.45) is 0. The van der Waals surface area contributed by atoms with Crippen LogP contribution in [-0.2, 0) is 10.0 Å². The third-order valence-electron chi connectivity index (χ3n) is 3.75. The van der Waals surface area contributed by atoms with Gasteiger partial charge in [-0.1, -0.05) is 11.6 Å². The Hall–Kier alpha value is -2.62. The molecule has 152 valence electrons. The number of hydrogen-bond acceptors (Lipinski definition) is 6. The number of nitrogens with one attached hydrogen (secondary N) is 2. The van der Waals surface area contributed by atoms with Gasteiger partial charge in [-0.25, -0.2) is 13.4 Å². The summed E-state index contributed by atoms with van der Waals surface area (Å²) in [7, 11) is -3.92. The summed E-state index contributed by atoms with van der Waals surface area (Å²) < 4.78 is 33.3. The van der Waals surface area contributed by atoms with E-state index in [-0.39, 0.29) is 15.5 Å². The molecule has 0 aliphatic rings. The van der Waals surface area contributed by atoms with Crippen molar-refractivity contribution in [1.82, 2.24) is 4.98 Å². The van der Waals surface area contributed by atoms with Crippen molar-refractivity contribution in [3.8, 4) is 5.75 Å². The monoisotopic (exact) mass is 451 g/mol. The van der Waals surface area contributed by atoms with Gasteiger partial charge < -0.3 is 4.74 Å². The van der Waals surface area contributed by atoms with Crippen molar-refractivity contribution in [3.63, 3.8) is 0 Å². The van der Waals surface area contributed by atoms with Crippen molar-refractivity contribution in [2.75, 3.05) is 16.6 Å². The summed E-state index contributed by atoms with van der Waals surface area (Å²) >= 11 is 7.38. The van der Waals surface area contributed by atoms with Crippen molar-refractivity contribution < 1.29 is 17.9 Å². The van der Waals surface area contributed by atoms with Crippen LogP contribution >= 0.6 is 22.9 Å². The number of nitrogens with zero attached hydrogens (tertiary/aromatic N) is 1. The Labute approximate surface area is 177 Å². The van der Waals surface area contributed by atoms with E-state index in [1.807, 2.05) is 6.92 Å². The van der Waals surface area contributed by atoms with Gasteiger partial charge in [-0.05, 0) is 56.3 Å². The molecule has 1 aromatic heterocycles. The summed E-state index contributed by atoms with van der Waals surface area (Å²) in [5, 5.41) is 4.95. The summed E-state index contributed by atoms with van der Waals surface area (Å²) in [6.45, 7) is 4.18. The highest BCUT2D eigenvalue weighted by Gasteiger charge is 2.20. The number of amides is 1. The highest BCUT2D eigenvalue weighted by atomic mass is 35.5. The number of aromatic nitrogens is 1. The van der Waals surface area contributed by atoms with Gasteiger partial charge in [0, 0.05) is 11.1 Å². The lowest BCUT2D eigenvalue weighted by Gasteiger charge is -2.11. The Balaban J connectivity index is 1.82. The van der Waals surface area contributed by atoms with Gasteiger partial charge in [0.1, 0.15) is 5.75 Å². The van der Waals surface area contributed by atoms with Crippen LogP contribution in [-0.4, -0.2) is 25.9 Å². The van der Waals surface area contributed by atoms with Crippen molar-refractivity contribution >= 4 is 49.7 Å². The predicted octanol–water partition coefficient (Wildman–Crippen LogP) is 4.56. The molecule has 10 heteroatoms. The lowest BCUT2D eigenvalue weighted by atomic mass is 10.2. The predicted molar refractivity (Wildman–Crippen MR) is 115 cm³/mol. The van der Waals surface area contributed by atoms with Gasteiger partial charge in [-0.3, -0.25) is 14.8 Å². The SMILES string of the molecule is CCOc1ccc(NS(=O)(=O)c2ccc(Cl)c(C(=O)Nc3nc(C)cs3)c2)cc1. The number of sulfonamides is 1. The molecule has 0 radical (unpaired) electrons. The largest absolute Gasteiger partial charge is 0.494 e. The van der Waals surface area contributed by atoms with Crippen LogP contribution in [0.15, 0.2) is 52.7 Å². The Kier molecular flexibility index (Phi) is 6.41. The second kappa shape index (κ2) is 8.81. The molecule has 0 fully saturated rings. The van der Waals surface area contributed by atoms with Crippen molar-refractivity contribution in [2.24, 2.45) is 0 Å². The highest BCUT2D eigenvalue weighted by Crippen LogP contribution is 2.25. The van der Waals surface area contributed by atoms with E-state index in [1.54, 1.807) is 36.6 Å². The van der Waals surface area contributed by atoms with E-state index < -0.39 is 15.9 Å². The van der Waals surface area contributed by atoms with Gasteiger partial charge in [0.15, 0.2) is 5.13 Å². The average Bonchev–Trinajstić information content (AvgIpc) is 3.08. The molecule has 3 rings (SSSR count). The fraction of sp³-hybridized carbons (Fsp3) is 0.158. The molecule has 0 bridgehead atoms. The zero-order valence-electron chi connectivity index (χ0n) is 15.6. The van der Waals surface area contributed by atoms with E-state index in [9.17, 15) is 13.2 Å². The molecular formula is C19H18ClN3O4S2. The van der Waals surface area contributed by atoms with Crippen LogP contribution in [0, 0.1) is 6.92 Å². The third kappa shape index (κ3) is 5.26. The van der Waals surface area contributed by atoms with E-state index in [4.69, 9.17) is 16.3 Å². The first-order valence-electron chi connectivity index (χ1n) is 8.57. The Morgan fingerprint density at radius 2 is 1.93 bits per heavy atom. The molecule has 1 amide bonds. The number of benzene rings is 2. The summed E-state index contributed by atoms with van der Waals surface area (Å²) in [5.74, 6) is 0.0980. The molecule has 0 saturated heterocycles. The van der Waals surface area contributed by atoms with Gasteiger partial charge in [-0.2, -0.15) is 0 Å². The Bertz CT molecular complexity index is 1130. The van der Waals surface area contributed by atoms with Crippen LogP contribution in [0.4, 0.5) is 10.8 Å². The summed E-state index contributed by atoms with van der Waals surface area (Å²) in [5.41, 5.74) is 1.18. The van der Waals surface area contributed by atoms with E-state index in [0.29, 0.717) is 23.2 Å². The topological polar surface area (TPSA) is 97.4 Å². The fourth-order valence-electron chi connectivity index (χ4n) is 2.42. The second-order valence-electron chi connectivity index (χ2n) is 5.95. The molecule has 0 aliphatic heterocycles. The van der Waals surface area contributed by atoms with Crippen molar-refractivity contribution in [2.45, 2.75) is 18.7 Å². The molecule has 0 spiro atoms. The molecule has 0 unspecified atom stereocenters. The van der Waals surface area contributed by atoms with E-state index in [1.165, 1.54) is 29.5 Å². The lowest BCUT2D eigenvalue weighted by molar-refractivity contribution is 0.102. The molecule has 2 N–H and O–H groups in total. The molecule has 3 aromatic rings. The van der Waals surface area contributed by atoms with Crippen molar-refractivity contribution in [3.05, 3.63) is 64.1 Å². The molecule has 1 heterocycles. The Morgan fingerprint density at radius 1 is 1.21 bits per heavy atom. The number of ether oxygens (including phenoxy) is 1. The van der Waals surface area contributed by atoms with Crippen LogP contribution in [0.3, 0.4) is 0 Å². The zero-order valence-corrected chi connectivity index (χ0v) is 18.0. The van der Waals surface area contributed by atoms with Crippen LogP contribution in [0.1, 0.15) is 23.0 Å². The number of aryl methyl sites for hydroxylation is 1. The number of carbonyl (C=O) groups excluding carboxylic acids is 1. The summed E-state index contributed by atoms with van der Waals surface area (Å²) in [6, 6.07) is 10.5. The number of halogens is 1. The highest BCUT2D eigenvalue weighted by molar-refractivity contribution is 7.92. The quantitative estimate of drug-likeness (QED) is 0.549. The molecular weight excluding hydrogens is 434 g/mol. The minimum Gasteiger partial charge on any atom is -0.494 e. The first kappa shape index (κ1) is 21.1. The maximum Gasteiger partial charge on any atom is 0.261 e. The third-order valence-corrected chi connectivity index (χ3v) is 6.33. The van der Waals surface area contributed by atoms with Crippen LogP contribution in [0.2, 0.25) is 5.02 Å². The van der Waals surface area contributed by atoms with Crippen molar-refractivity contribution in [1.29, 1.82) is 0 Å². The minimum atomic E-state index is -3.92. The van der Waals surface area contributed by atoms with Crippen LogP contribution < -0.4 is 14.8 Å². The van der Waals surface area contributed by atoms with Gasteiger partial charge in [0.2, 0.25) is 0 Å². The molecule has 0 atom stereocenters. The first-order chi connectivity index (χ1) is 13.8. The van der Waals surface area contributed by atoms with Gasteiger partial charge in [0.25, 0.3) is 15.9 Å². The maximum absolute atomic E-state index is 12.7. The van der Waals surface area contributed by atoms with Gasteiger partial charge in [0.05, 0.1) is 27.8 Å². The Morgan fingerprint density at radius 3 is 2.55 bits per heavy atom. The second-order valence-corrected chi connectivity index (χ2v) is 8.90. The molecule has 0 aliphatic carbocycles. The van der Waals surface area contributed by atoms with Gasteiger partial charge >= 0.3 is 0 Å². The molecule has 2 aromatic carbocycles. The van der Waals surface area contributed by atoms with Gasteiger partial charge in [-0.15, -0.1) is 11.3 Å². The number of anilines is 2. The maximum atomic E-state index is 12.7. The number of carbonyl (C=O) groups is 1. The van der Waals surface area contributed by atoms with E-state index in [0.717, 1.165) is 5.69 Å². The lowest BCUT2D eigenvalue weighted by Crippen LogP contribution is -2.16. The van der Waals surface area contributed by atoms with Crippen LogP contribution in [0.5, 0.6) is 5.75 Å². The normalized spacial score (nSPS) is 11.1. The van der Waals surface area contributed by atoms with E-state index >= 15 is 0 Å². The van der Waals surface area contributed by atoms with Crippen LogP contribution in [0.25, 0.3) is 0 Å². The smallest absolute Gasteiger partial charge is 0.261 e. The molecule has 7 nitrogen and oxygen atoms in total. The minimum absolute atomic E-state index is 0.0362. The molecule has 29 heavy (non-hydrogen) atoms.